The lowest BCUT2D eigenvalue weighted by atomic mass is 10.0. The van der Waals surface area contributed by atoms with E-state index in [0.717, 1.165) is 33.2 Å². The number of fused-ring (bicyclic) bond motifs is 1. The molecule has 0 fully saturated rings. The van der Waals surface area contributed by atoms with Crippen LogP contribution in [0.1, 0.15) is 11.1 Å². The number of H-pyrrole nitrogens is 1. The number of aromatic nitrogens is 1. The minimum Gasteiger partial charge on any atom is -0.455 e. The molecule has 4 aromatic rings. The number of para-hydroxylation sites is 1. The lowest BCUT2D eigenvalue weighted by molar-refractivity contribution is -0.147. The largest absolute Gasteiger partial charge is 0.455 e. The molecule has 3 aromatic carbocycles. The summed E-state index contributed by atoms with van der Waals surface area (Å²) in [5, 5.41) is 3.95. The van der Waals surface area contributed by atoms with E-state index in [4.69, 9.17) is 4.74 Å². The smallest absolute Gasteiger partial charge is 0.310 e. The Hall–Kier alpha value is -3.86. The van der Waals surface area contributed by atoms with Gasteiger partial charge in [-0.2, -0.15) is 0 Å². The zero-order valence-electron chi connectivity index (χ0n) is 17.1. The normalized spacial score (nSPS) is 10.7. The third-order valence-electron chi connectivity index (χ3n) is 5.17. The summed E-state index contributed by atoms with van der Waals surface area (Å²) in [6.45, 7) is 0.216. The second kappa shape index (κ2) is 9.76. The third-order valence-corrected chi connectivity index (χ3v) is 5.17. The zero-order valence-corrected chi connectivity index (χ0v) is 17.1. The number of rotatable bonds is 8. The van der Waals surface area contributed by atoms with Crippen LogP contribution in [0, 0.1) is 0 Å². The monoisotopic (exact) mass is 412 g/mol. The zero-order chi connectivity index (χ0) is 21.5. The molecular formula is C26H24N2O3. The fourth-order valence-electron chi connectivity index (χ4n) is 3.54. The van der Waals surface area contributed by atoms with Gasteiger partial charge in [-0.3, -0.25) is 9.59 Å². The first-order chi connectivity index (χ1) is 15.2. The molecule has 0 saturated carbocycles. The van der Waals surface area contributed by atoms with Crippen LogP contribution in [-0.2, 0) is 27.2 Å². The summed E-state index contributed by atoms with van der Waals surface area (Å²) < 4.78 is 5.12. The first-order valence-electron chi connectivity index (χ1n) is 10.3. The standard InChI is InChI=1S/C26H24N2O3/c29-25(27-15-14-22-17-28-24-9-5-4-8-23(22)24)18-31-26(30)16-19-10-12-21(13-11-19)20-6-2-1-3-7-20/h1-13,17,28H,14-16,18H2,(H,27,29). The molecule has 0 atom stereocenters. The average molecular weight is 412 g/mol. The van der Waals surface area contributed by atoms with Gasteiger partial charge in [0.25, 0.3) is 5.91 Å². The summed E-state index contributed by atoms with van der Waals surface area (Å²) in [4.78, 5) is 27.3. The molecule has 1 aromatic heterocycles. The molecule has 0 aliphatic rings. The Morgan fingerprint density at radius 2 is 1.55 bits per heavy atom. The quantitative estimate of drug-likeness (QED) is 0.425. The van der Waals surface area contributed by atoms with Crippen LogP contribution in [0.5, 0.6) is 0 Å². The molecule has 1 heterocycles. The second-order valence-corrected chi connectivity index (χ2v) is 7.36. The van der Waals surface area contributed by atoms with E-state index in [9.17, 15) is 9.59 Å². The number of aromatic amines is 1. The fourth-order valence-corrected chi connectivity index (χ4v) is 3.54. The SMILES string of the molecule is O=C(COC(=O)Cc1ccc(-c2ccccc2)cc1)NCCc1c[nH]c2ccccc12. The maximum atomic E-state index is 12.1. The molecule has 0 unspecified atom stereocenters. The summed E-state index contributed by atoms with van der Waals surface area (Å²) in [5.74, 6) is -0.716. The molecular weight excluding hydrogens is 388 g/mol. The Labute approximate surface area is 181 Å². The number of hydrogen-bond acceptors (Lipinski definition) is 3. The van der Waals surface area contributed by atoms with Gasteiger partial charge in [0.05, 0.1) is 6.42 Å². The van der Waals surface area contributed by atoms with Crippen molar-refractivity contribution in [1.29, 1.82) is 0 Å². The van der Waals surface area contributed by atoms with E-state index in [1.165, 1.54) is 0 Å². The van der Waals surface area contributed by atoms with Gasteiger partial charge in [0, 0.05) is 23.6 Å². The van der Waals surface area contributed by atoms with Gasteiger partial charge < -0.3 is 15.0 Å². The van der Waals surface area contributed by atoms with E-state index in [-0.39, 0.29) is 18.9 Å². The molecule has 5 heteroatoms. The Kier molecular flexibility index (Phi) is 6.43. The Morgan fingerprint density at radius 3 is 2.35 bits per heavy atom. The molecule has 0 aliphatic carbocycles. The molecule has 31 heavy (non-hydrogen) atoms. The van der Waals surface area contributed by atoms with Gasteiger partial charge in [0.1, 0.15) is 0 Å². The van der Waals surface area contributed by atoms with Crippen LogP contribution >= 0.6 is 0 Å². The van der Waals surface area contributed by atoms with Gasteiger partial charge >= 0.3 is 5.97 Å². The minimum atomic E-state index is -0.417. The summed E-state index contributed by atoms with van der Waals surface area (Å²) in [6, 6.07) is 25.9. The van der Waals surface area contributed by atoms with Gasteiger partial charge in [0.2, 0.25) is 0 Å². The van der Waals surface area contributed by atoms with Crippen LogP contribution in [0.2, 0.25) is 0 Å². The molecule has 4 rings (SSSR count). The van der Waals surface area contributed by atoms with Crippen LogP contribution in [0.4, 0.5) is 0 Å². The maximum absolute atomic E-state index is 12.1. The molecule has 0 saturated heterocycles. The highest BCUT2D eigenvalue weighted by Crippen LogP contribution is 2.19. The number of nitrogens with one attached hydrogen (secondary N) is 2. The Bertz CT molecular complexity index is 1160. The average Bonchev–Trinajstić information content (AvgIpc) is 3.22. The number of carbonyl (C=O) groups is 2. The molecule has 0 aliphatic heterocycles. The van der Waals surface area contributed by atoms with Crippen molar-refractivity contribution in [2.24, 2.45) is 0 Å². The van der Waals surface area contributed by atoms with Crippen LogP contribution in [0.3, 0.4) is 0 Å². The molecule has 5 nitrogen and oxygen atoms in total. The summed E-state index contributed by atoms with van der Waals surface area (Å²) in [5.41, 5.74) is 5.29. The third kappa shape index (κ3) is 5.39. The van der Waals surface area contributed by atoms with Gasteiger partial charge in [0.15, 0.2) is 6.61 Å². The van der Waals surface area contributed by atoms with Crippen molar-refractivity contribution in [3.8, 4) is 11.1 Å². The van der Waals surface area contributed by atoms with Crippen molar-refractivity contribution in [2.45, 2.75) is 12.8 Å². The Balaban J connectivity index is 1.19. The molecule has 1 amide bonds. The lowest BCUT2D eigenvalue weighted by Crippen LogP contribution is -2.30. The summed E-state index contributed by atoms with van der Waals surface area (Å²) >= 11 is 0. The molecule has 0 bridgehead atoms. The fraction of sp³-hybridized carbons (Fsp3) is 0.154. The van der Waals surface area contributed by atoms with Crippen molar-refractivity contribution in [3.05, 3.63) is 96.2 Å². The number of carbonyl (C=O) groups excluding carboxylic acids is 2. The van der Waals surface area contributed by atoms with Crippen LogP contribution in [0.25, 0.3) is 22.0 Å². The summed E-state index contributed by atoms with van der Waals surface area (Å²) in [7, 11) is 0. The number of benzene rings is 3. The van der Waals surface area contributed by atoms with Gasteiger partial charge in [-0.05, 0) is 34.7 Å². The van der Waals surface area contributed by atoms with Gasteiger partial charge in [-0.1, -0.05) is 72.8 Å². The molecule has 0 spiro atoms. The highest BCUT2D eigenvalue weighted by molar-refractivity contribution is 5.83. The van der Waals surface area contributed by atoms with Crippen LogP contribution in [0.15, 0.2) is 85.1 Å². The molecule has 2 N–H and O–H groups in total. The summed E-state index contributed by atoms with van der Waals surface area (Å²) in [6.07, 6.45) is 2.80. The first kappa shape index (κ1) is 20.4. The van der Waals surface area contributed by atoms with Crippen molar-refractivity contribution < 1.29 is 14.3 Å². The van der Waals surface area contributed by atoms with Crippen molar-refractivity contribution in [1.82, 2.24) is 10.3 Å². The van der Waals surface area contributed by atoms with Gasteiger partial charge in [-0.15, -0.1) is 0 Å². The van der Waals surface area contributed by atoms with E-state index in [1.54, 1.807) is 0 Å². The number of amides is 1. The topological polar surface area (TPSA) is 71.2 Å². The van der Waals surface area contributed by atoms with E-state index in [0.29, 0.717) is 13.0 Å². The first-order valence-corrected chi connectivity index (χ1v) is 10.3. The van der Waals surface area contributed by atoms with E-state index >= 15 is 0 Å². The predicted molar refractivity (Wildman–Crippen MR) is 122 cm³/mol. The maximum Gasteiger partial charge on any atom is 0.310 e. The number of hydrogen-bond donors (Lipinski definition) is 2. The number of ether oxygens (including phenoxy) is 1. The van der Waals surface area contributed by atoms with E-state index < -0.39 is 5.97 Å². The van der Waals surface area contributed by atoms with Crippen molar-refractivity contribution in [2.75, 3.05) is 13.2 Å². The van der Waals surface area contributed by atoms with Crippen LogP contribution < -0.4 is 5.32 Å². The van der Waals surface area contributed by atoms with E-state index in [2.05, 4.69) is 16.4 Å². The van der Waals surface area contributed by atoms with Gasteiger partial charge in [-0.25, -0.2) is 0 Å². The highest BCUT2D eigenvalue weighted by atomic mass is 16.5. The predicted octanol–water partition coefficient (Wildman–Crippen LogP) is 4.28. The molecule has 156 valence electrons. The van der Waals surface area contributed by atoms with Crippen molar-refractivity contribution >= 4 is 22.8 Å². The van der Waals surface area contributed by atoms with E-state index in [1.807, 2.05) is 79.0 Å². The minimum absolute atomic E-state index is 0.137. The van der Waals surface area contributed by atoms with Crippen molar-refractivity contribution in [3.63, 3.8) is 0 Å². The number of esters is 1. The lowest BCUT2D eigenvalue weighted by Gasteiger charge is -2.07. The highest BCUT2D eigenvalue weighted by Gasteiger charge is 2.09. The second-order valence-electron chi connectivity index (χ2n) is 7.36. The molecule has 0 radical (unpaired) electrons. The van der Waals surface area contributed by atoms with Crippen LogP contribution in [-0.4, -0.2) is 30.0 Å². The Morgan fingerprint density at radius 1 is 0.839 bits per heavy atom.